The summed E-state index contributed by atoms with van der Waals surface area (Å²) in [5.74, 6) is 1.49. The Morgan fingerprint density at radius 2 is 1.04 bits per heavy atom. The number of benzene rings is 9. The highest BCUT2D eigenvalue weighted by Crippen LogP contribution is 2.51. The lowest BCUT2D eigenvalue weighted by Crippen LogP contribution is -2.33. The Balaban J connectivity index is 0.975. The van der Waals surface area contributed by atoms with Crippen molar-refractivity contribution in [3.8, 4) is 44.5 Å². The van der Waals surface area contributed by atoms with Crippen molar-refractivity contribution in [1.29, 1.82) is 0 Å². The standard InChI is InChI=1S/C53H33N3O/c1-2-12-34(13-3-1)51-54-52(56-53(55-51)37-26-21-32-11-4-5-14-36(32)31-37)35-24-22-33(23-25-35)38-27-29-45(49-46-17-8-9-20-47(46)57-50(38)49)41-28-30-44-40-16-7-6-15-39(40)42-18-10-19-43(41)48(42)44/h1-31,51H,(H,54,55,56). The smallest absolute Gasteiger partial charge is 0.159 e. The fraction of sp³-hybridized carbons (Fsp3) is 0.0189. The van der Waals surface area contributed by atoms with E-state index in [4.69, 9.17) is 14.4 Å². The predicted molar refractivity (Wildman–Crippen MR) is 236 cm³/mol. The van der Waals surface area contributed by atoms with Crippen LogP contribution in [0.4, 0.5) is 0 Å². The fourth-order valence-corrected chi connectivity index (χ4v) is 8.99. The van der Waals surface area contributed by atoms with Gasteiger partial charge in [0.15, 0.2) is 5.84 Å². The molecule has 2 aliphatic rings. The third kappa shape index (κ3) is 5.01. The second-order valence-corrected chi connectivity index (χ2v) is 14.9. The SMILES string of the molecule is c1ccc(C2N=C(c3ccc(-c4ccc(-c5ccc6c7c(cccc57)-c5ccccc5-6)c5c4oc4ccccc45)cc3)N=C(c3ccc4ccccc4c3)N2)cc1. The maximum atomic E-state index is 6.77. The molecule has 1 aromatic heterocycles. The maximum Gasteiger partial charge on any atom is 0.159 e. The van der Waals surface area contributed by atoms with E-state index in [-0.39, 0.29) is 6.17 Å². The Morgan fingerprint density at radius 1 is 0.421 bits per heavy atom. The first-order valence-corrected chi connectivity index (χ1v) is 19.4. The summed E-state index contributed by atoms with van der Waals surface area (Å²) in [6.45, 7) is 0. The molecule has 0 saturated heterocycles. The Bertz CT molecular complexity index is 3290. The summed E-state index contributed by atoms with van der Waals surface area (Å²) in [5.41, 5.74) is 14.5. The summed E-state index contributed by atoms with van der Waals surface area (Å²) in [4.78, 5) is 10.3. The normalized spacial score (nSPS) is 14.5. The van der Waals surface area contributed by atoms with Crippen LogP contribution in [0, 0.1) is 0 Å². The molecule has 0 radical (unpaired) electrons. The van der Waals surface area contributed by atoms with E-state index < -0.39 is 0 Å². The average Bonchev–Trinajstić information content (AvgIpc) is 3.84. The number of furan rings is 1. The van der Waals surface area contributed by atoms with Crippen molar-refractivity contribution in [3.05, 3.63) is 205 Å². The lowest BCUT2D eigenvalue weighted by Gasteiger charge is -2.24. The summed E-state index contributed by atoms with van der Waals surface area (Å²) in [6, 6.07) is 66.8. The van der Waals surface area contributed by atoms with Gasteiger partial charge in [0, 0.05) is 27.5 Å². The Labute approximate surface area is 329 Å². The first kappa shape index (κ1) is 31.8. The van der Waals surface area contributed by atoms with Crippen molar-refractivity contribution in [2.75, 3.05) is 0 Å². The van der Waals surface area contributed by atoms with Crippen molar-refractivity contribution >= 4 is 55.2 Å². The van der Waals surface area contributed by atoms with E-state index in [9.17, 15) is 0 Å². The molecule has 10 aromatic rings. The molecule has 0 bridgehead atoms. The van der Waals surface area contributed by atoms with Gasteiger partial charge in [-0.25, -0.2) is 9.98 Å². The molecule has 1 atom stereocenters. The zero-order valence-corrected chi connectivity index (χ0v) is 30.8. The number of rotatable bonds is 5. The monoisotopic (exact) mass is 727 g/mol. The minimum Gasteiger partial charge on any atom is -0.455 e. The van der Waals surface area contributed by atoms with Gasteiger partial charge >= 0.3 is 0 Å². The van der Waals surface area contributed by atoms with E-state index in [0.29, 0.717) is 5.84 Å². The van der Waals surface area contributed by atoms with Gasteiger partial charge in [-0.3, -0.25) is 0 Å². The number of hydrogen-bond donors (Lipinski definition) is 1. The zero-order valence-electron chi connectivity index (χ0n) is 30.8. The molecule has 0 fully saturated rings. The first-order valence-electron chi connectivity index (χ1n) is 19.4. The van der Waals surface area contributed by atoms with Crippen LogP contribution in [0.2, 0.25) is 0 Å². The molecule has 4 heteroatoms. The highest BCUT2D eigenvalue weighted by atomic mass is 16.3. The number of para-hydroxylation sites is 1. The largest absolute Gasteiger partial charge is 0.455 e. The van der Waals surface area contributed by atoms with Gasteiger partial charge in [-0.05, 0) is 84.3 Å². The lowest BCUT2D eigenvalue weighted by molar-refractivity contribution is 0.670. The summed E-state index contributed by atoms with van der Waals surface area (Å²) >= 11 is 0. The Hall–Kier alpha value is -7.56. The van der Waals surface area contributed by atoms with E-state index in [1.165, 1.54) is 54.9 Å². The Kier molecular flexibility index (Phi) is 6.96. The van der Waals surface area contributed by atoms with Gasteiger partial charge in [-0.1, -0.05) is 170 Å². The first-order chi connectivity index (χ1) is 28.2. The average molecular weight is 728 g/mol. The van der Waals surface area contributed by atoms with E-state index in [2.05, 4.69) is 181 Å². The lowest BCUT2D eigenvalue weighted by atomic mass is 9.90. The van der Waals surface area contributed by atoms with Gasteiger partial charge in [0.2, 0.25) is 0 Å². The highest BCUT2D eigenvalue weighted by molar-refractivity contribution is 6.23. The number of fused-ring (bicyclic) bond motifs is 7. The van der Waals surface area contributed by atoms with E-state index in [1.807, 2.05) is 12.1 Å². The molecule has 1 N–H and O–H groups in total. The summed E-state index contributed by atoms with van der Waals surface area (Å²) < 4.78 is 6.77. The third-order valence-electron chi connectivity index (χ3n) is 11.7. The fourth-order valence-electron chi connectivity index (χ4n) is 8.99. The van der Waals surface area contributed by atoms with Gasteiger partial charge in [-0.2, -0.15) is 0 Å². The molecular weight excluding hydrogens is 695 g/mol. The van der Waals surface area contributed by atoms with Crippen LogP contribution in [0.5, 0.6) is 0 Å². The molecule has 4 nitrogen and oxygen atoms in total. The summed E-state index contributed by atoms with van der Waals surface area (Å²) in [5, 5.41) is 10.8. The topological polar surface area (TPSA) is 49.9 Å². The third-order valence-corrected chi connectivity index (χ3v) is 11.7. The Morgan fingerprint density at radius 3 is 1.88 bits per heavy atom. The summed E-state index contributed by atoms with van der Waals surface area (Å²) in [6.07, 6.45) is -0.275. The number of nitrogens with one attached hydrogen (secondary N) is 1. The van der Waals surface area contributed by atoms with Crippen molar-refractivity contribution in [1.82, 2.24) is 5.32 Å². The molecular formula is C53H33N3O. The van der Waals surface area contributed by atoms with Gasteiger partial charge < -0.3 is 9.73 Å². The van der Waals surface area contributed by atoms with Crippen LogP contribution in [0.25, 0.3) is 88.0 Å². The van der Waals surface area contributed by atoms with Crippen LogP contribution in [0.15, 0.2) is 202 Å². The molecule has 0 saturated carbocycles. The van der Waals surface area contributed by atoms with Crippen LogP contribution in [0.3, 0.4) is 0 Å². The van der Waals surface area contributed by atoms with Crippen molar-refractivity contribution in [3.63, 3.8) is 0 Å². The minimum absolute atomic E-state index is 0.275. The van der Waals surface area contributed by atoms with Crippen LogP contribution >= 0.6 is 0 Å². The van der Waals surface area contributed by atoms with Crippen LogP contribution < -0.4 is 5.32 Å². The van der Waals surface area contributed by atoms with Crippen LogP contribution in [-0.2, 0) is 0 Å². The predicted octanol–water partition coefficient (Wildman–Crippen LogP) is 13.4. The van der Waals surface area contributed by atoms with Gasteiger partial charge in [0.1, 0.15) is 23.2 Å². The summed E-state index contributed by atoms with van der Waals surface area (Å²) in [7, 11) is 0. The quantitative estimate of drug-likeness (QED) is 0.192. The highest BCUT2D eigenvalue weighted by Gasteiger charge is 2.25. The molecule has 1 aliphatic heterocycles. The molecule has 0 amide bonds. The van der Waals surface area contributed by atoms with E-state index in [1.54, 1.807) is 0 Å². The molecule has 9 aromatic carbocycles. The molecule has 2 heterocycles. The van der Waals surface area contributed by atoms with Gasteiger partial charge in [-0.15, -0.1) is 0 Å². The molecule has 1 aliphatic carbocycles. The van der Waals surface area contributed by atoms with Crippen molar-refractivity contribution in [2.45, 2.75) is 6.17 Å². The zero-order chi connectivity index (χ0) is 37.5. The maximum absolute atomic E-state index is 6.77. The van der Waals surface area contributed by atoms with Crippen LogP contribution in [0.1, 0.15) is 22.9 Å². The molecule has 57 heavy (non-hydrogen) atoms. The van der Waals surface area contributed by atoms with Gasteiger partial charge in [0.05, 0.1) is 0 Å². The number of amidine groups is 2. The molecule has 0 spiro atoms. The molecule has 1 unspecified atom stereocenters. The van der Waals surface area contributed by atoms with Crippen molar-refractivity contribution < 1.29 is 4.42 Å². The van der Waals surface area contributed by atoms with E-state index >= 15 is 0 Å². The van der Waals surface area contributed by atoms with Crippen molar-refractivity contribution in [2.24, 2.45) is 9.98 Å². The number of hydrogen-bond acceptors (Lipinski definition) is 4. The van der Waals surface area contributed by atoms with Crippen LogP contribution in [-0.4, -0.2) is 11.7 Å². The van der Waals surface area contributed by atoms with Gasteiger partial charge in [0.25, 0.3) is 0 Å². The second kappa shape index (κ2) is 12.5. The number of nitrogens with zero attached hydrogens (tertiary/aromatic N) is 2. The number of aliphatic imine (C=N–C) groups is 2. The van der Waals surface area contributed by atoms with E-state index in [0.717, 1.165) is 55.6 Å². The molecule has 266 valence electrons. The molecule has 12 rings (SSSR count). The minimum atomic E-state index is -0.275. The second-order valence-electron chi connectivity index (χ2n) is 14.9.